The molecule has 2 N–H and O–H groups in total. The van der Waals surface area contributed by atoms with Crippen molar-refractivity contribution < 1.29 is 14.2 Å². The number of benzene rings is 1. The zero-order chi connectivity index (χ0) is 20.0. The zero-order valence-corrected chi connectivity index (χ0v) is 20.4. The Labute approximate surface area is 193 Å². The van der Waals surface area contributed by atoms with E-state index < -0.39 is 0 Å². The number of nitrogens with zero attached hydrogens (tertiary/aromatic N) is 1. The van der Waals surface area contributed by atoms with Gasteiger partial charge in [-0.05, 0) is 31.2 Å². The van der Waals surface area contributed by atoms with E-state index in [1.807, 2.05) is 18.2 Å². The Morgan fingerprint density at radius 3 is 2.79 bits per heavy atom. The molecule has 1 aromatic carbocycles. The number of ether oxygens (including phenoxy) is 3. The van der Waals surface area contributed by atoms with Gasteiger partial charge in [0, 0.05) is 44.8 Å². The second-order valence-electron chi connectivity index (χ2n) is 7.65. The van der Waals surface area contributed by atoms with Crippen LogP contribution in [0.5, 0.6) is 5.75 Å². The lowest BCUT2D eigenvalue weighted by Gasteiger charge is -2.15. The topological polar surface area (TPSA) is 64.1 Å². The Hall–Kier alpha value is -1.06. The standard InChI is InChI=1S/C22H37N3O3.HI/c1-18(2)9-14-28-21-8-5-4-7-20(21)15-25-22(23-3)24-11-6-12-26-16-19-10-13-27-17-19;/h4-5,7-8,18-19H,6,9-17H2,1-3H3,(H2,23,24,25);1H. The maximum Gasteiger partial charge on any atom is 0.191 e. The highest BCUT2D eigenvalue weighted by Crippen LogP contribution is 2.18. The van der Waals surface area contributed by atoms with E-state index in [1.165, 1.54) is 0 Å². The smallest absolute Gasteiger partial charge is 0.191 e. The van der Waals surface area contributed by atoms with E-state index in [0.29, 0.717) is 18.4 Å². The Morgan fingerprint density at radius 2 is 2.07 bits per heavy atom. The van der Waals surface area contributed by atoms with Crippen molar-refractivity contribution in [3.8, 4) is 5.75 Å². The van der Waals surface area contributed by atoms with Gasteiger partial charge in [-0.2, -0.15) is 0 Å². The minimum Gasteiger partial charge on any atom is -0.493 e. The first kappa shape index (κ1) is 26.0. The first-order valence-electron chi connectivity index (χ1n) is 10.5. The highest BCUT2D eigenvalue weighted by atomic mass is 127. The van der Waals surface area contributed by atoms with Crippen molar-refractivity contribution in [3.63, 3.8) is 0 Å². The van der Waals surface area contributed by atoms with Crippen molar-refractivity contribution in [1.29, 1.82) is 0 Å². The molecule has 1 heterocycles. The van der Waals surface area contributed by atoms with Crippen LogP contribution in [0.15, 0.2) is 29.3 Å². The molecule has 1 atom stereocenters. The Morgan fingerprint density at radius 1 is 1.24 bits per heavy atom. The number of para-hydroxylation sites is 1. The minimum atomic E-state index is 0. The average Bonchev–Trinajstić information content (AvgIpc) is 3.21. The molecule has 1 aromatic rings. The molecule has 0 amide bonds. The van der Waals surface area contributed by atoms with Crippen molar-refractivity contribution in [2.45, 2.75) is 39.7 Å². The van der Waals surface area contributed by atoms with Crippen LogP contribution in [-0.2, 0) is 16.0 Å². The van der Waals surface area contributed by atoms with Crippen LogP contribution in [-0.4, -0.2) is 52.6 Å². The molecule has 1 aliphatic rings. The molecule has 29 heavy (non-hydrogen) atoms. The first-order valence-corrected chi connectivity index (χ1v) is 10.5. The van der Waals surface area contributed by atoms with Gasteiger partial charge in [-0.3, -0.25) is 4.99 Å². The number of guanidine groups is 1. The van der Waals surface area contributed by atoms with Gasteiger partial charge in [0.2, 0.25) is 0 Å². The van der Waals surface area contributed by atoms with Crippen LogP contribution < -0.4 is 15.4 Å². The summed E-state index contributed by atoms with van der Waals surface area (Å²) in [5.74, 6) is 2.95. The quantitative estimate of drug-likeness (QED) is 0.190. The van der Waals surface area contributed by atoms with Gasteiger partial charge in [-0.1, -0.05) is 32.0 Å². The molecular formula is C22H38IN3O3. The van der Waals surface area contributed by atoms with Crippen molar-refractivity contribution in [1.82, 2.24) is 10.6 Å². The number of aliphatic imine (C=N–C) groups is 1. The van der Waals surface area contributed by atoms with Crippen LogP contribution in [0, 0.1) is 11.8 Å². The molecule has 1 aliphatic heterocycles. The molecule has 1 unspecified atom stereocenters. The first-order chi connectivity index (χ1) is 13.7. The highest BCUT2D eigenvalue weighted by Gasteiger charge is 2.15. The molecule has 0 spiro atoms. The predicted octanol–water partition coefficient (Wildman–Crippen LogP) is 3.84. The van der Waals surface area contributed by atoms with Crippen LogP contribution in [0.4, 0.5) is 0 Å². The van der Waals surface area contributed by atoms with E-state index in [1.54, 1.807) is 7.05 Å². The van der Waals surface area contributed by atoms with Crippen molar-refractivity contribution in [2.24, 2.45) is 16.8 Å². The van der Waals surface area contributed by atoms with Crippen molar-refractivity contribution in [3.05, 3.63) is 29.8 Å². The summed E-state index contributed by atoms with van der Waals surface area (Å²) in [5, 5.41) is 6.70. The lowest BCUT2D eigenvalue weighted by atomic mass is 10.1. The maximum atomic E-state index is 5.96. The fourth-order valence-corrected chi connectivity index (χ4v) is 2.94. The lowest BCUT2D eigenvalue weighted by Crippen LogP contribution is -2.37. The van der Waals surface area contributed by atoms with Gasteiger partial charge in [0.25, 0.3) is 0 Å². The van der Waals surface area contributed by atoms with Gasteiger partial charge in [-0.25, -0.2) is 0 Å². The van der Waals surface area contributed by atoms with Gasteiger partial charge in [-0.15, -0.1) is 24.0 Å². The second-order valence-corrected chi connectivity index (χ2v) is 7.65. The molecular weight excluding hydrogens is 481 g/mol. The molecule has 1 fully saturated rings. The SMILES string of the molecule is CN=C(NCCCOCC1CCOC1)NCc1ccccc1OCCC(C)C.I. The molecule has 166 valence electrons. The van der Waals surface area contributed by atoms with E-state index in [9.17, 15) is 0 Å². The third-order valence-corrected chi connectivity index (χ3v) is 4.73. The molecule has 0 saturated carbocycles. The van der Waals surface area contributed by atoms with Crippen molar-refractivity contribution in [2.75, 3.05) is 46.6 Å². The number of nitrogens with one attached hydrogen (secondary N) is 2. The molecule has 0 radical (unpaired) electrons. The van der Waals surface area contributed by atoms with Crippen LogP contribution in [0.2, 0.25) is 0 Å². The Balaban J connectivity index is 0.00000420. The van der Waals surface area contributed by atoms with Crippen LogP contribution in [0.3, 0.4) is 0 Å². The fraction of sp³-hybridized carbons (Fsp3) is 0.682. The number of rotatable bonds is 12. The third kappa shape index (κ3) is 11.1. The fourth-order valence-electron chi connectivity index (χ4n) is 2.94. The van der Waals surface area contributed by atoms with E-state index in [4.69, 9.17) is 14.2 Å². The van der Waals surface area contributed by atoms with E-state index >= 15 is 0 Å². The second kappa shape index (κ2) is 15.7. The molecule has 1 saturated heterocycles. The number of hydrogen-bond donors (Lipinski definition) is 2. The highest BCUT2D eigenvalue weighted by molar-refractivity contribution is 14.0. The number of halogens is 1. The summed E-state index contributed by atoms with van der Waals surface area (Å²) in [6.07, 6.45) is 3.13. The summed E-state index contributed by atoms with van der Waals surface area (Å²) in [6.45, 7) is 9.95. The molecule has 0 bridgehead atoms. The van der Waals surface area contributed by atoms with Gasteiger partial charge in [0.05, 0.1) is 19.8 Å². The lowest BCUT2D eigenvalue weighted by molar-refractivity contribution is 0.0888. The van der Waals surface area contributed by atoms with Gasteiger partial charge < -0.3 is 24.8 Å². The zero-order valence-electron chi connectivity index (χ0n) is 18.1. The van der Waals surface area contributed by atoms with Crippen LogP contribution in [0.1, 0.15) is 38.7 Å². The van der Waals surface area contributed by atoms with Gasteiger partial charge in [0.1, 0.15) is 5.75 Å². The van der Waals surface area contributed by atoms with E-state index in [2.05, 4.69) is 35.5 Å². The normalized spacial score (nSPS) is 16.6. The summed E-state index contributed by atoms with van der Waals surface area (Å²) in [6, 6.07) is 8.17. The van der Waals surface area contributed by atoms with Crippen molar-refractivity contribution >= 4 is 29.9 Å². The predicted molar refractivity (Wildman–Crippen MR) is 129 cm³/mol. The molecule has 2 rings (SSSR count). The molecule has 0 aliphatic carbocycles. The summed E-state index contributed by atoms with van der Waals surface area (Å²) < 4.78 is 17.1. The third-order valence-electron chi connectivity index (χ3n) is 4.73. The summed E-state index contributed by atoms with van der Waals surface area (Å²) in [7, 11) is 1.79. The molecule has 7 heteroatoms. The maximum absolute atomic E-state index is 5.96. The van der Waals surface area contributed by atoms with Crippen LogP contribution >= 0.6 is 24.0 Å². The van der Waals surface area contributed by atoms with Gasteiger partial charge >= 0.3 is 0 Å². The van der Waals surface area contributed by atoms with Crippen LogP contribution in [0.25, 0.3) is 0 Å². The minimum absolute atomic E-state index is 0. The monoisotopic (exact) mass is 519 g/mol. The summed E-state index contributed by atoms with van der Waals surface area (Å²) >= 11 is 0. The largest absolute Gasteiger partial charge is 0.493 e. The van der Waals surface area contributed by atoms with E-state index in [0.717, 1.165) is 76.1 Å². The van der Waals surface area contributed by atoms with Gasteiger partial charge in [0.15, 0.2) is 5.96 Å². The summed E-state index contributed by atoms with van der Waals surface area (Å²) in [4.78, 5) is 4.30. The van der Waals surface area contributed by atoms with E-state index in [-0.39, 0.29) is 24.0 Å². The molecule has 6 nitrogen and oxygen atoms in total. The number of hydrogen-bond acceptors (Lipinski definition) is 4. The molecule has 0 aromatic heterocycles. The summed E-state index contributed by atoms with van der Waals surface area (Å²) in [5.41, 5.74) is 1.14. The Bertz CT molecular complexity index is 578. The Kier molecular flexibility index (Phi) is 14.1. The average molecular weight is 519 g/mol.